The van der Waals surface area contributed by atoms with Gasteiger partial charge in [-0.1, -0.05) is 36.4 Å². The van der Waals surface area contributed by atoms with Crippen LogP contribution in [0.2, 0.25) is 0 Å². The smallest absolute Gasteiger partial charge is 0.0228 e. The van der Waals surface area contributed by atoms with Crippen molar-refractivity contribution < 1.29 is 0 Å². The number of benzene rings is 1. The van der Waals surface area contributed by atoms with E-state index in [1.165, 1.54) is 31.2 Å². The number of hydrogen-bond acceptors (Lipinski definition) is 0. The van der Waals surface area contributed by atoms with Gasteiger partial charge in [0.2, 0.25) is 0 Å². The lowest BCUT2D eigenvalue weighted by Gasteiger charge is -2.12. The zero-order valence-corrected chi connectivity index (χ0v) is 7.29. The molecule has 0 spiro atoms. The normalized spacial score (nSPS) is 17.2. The van der Waals surface area contributed by atoms with E-state index in [9.17, 15) is 0 Å². The fraction of sp³-hybridized carbons (Fsp3) is 0.333. The largest absolute Gasteiger partial charge is 0.0807 e. The van der Waals surface area contributed by atoms with Crippen LogP contribution in [0.5, 0.6) is 0 Å². The van der Waals surface area contributed by atoms with Crippen molar-refractivity contribution in [3.63, 3.8) is 0 Å². The van der Waals surface area contributed by atoms with Crippen LogP contribution in [0, 0.1) is 0 Å². The first-order valence-corrected chi connectivity index (χ1v) is 4.71. The van der Waals surface area contributed by atoms with E-state index in [1.54, 1.807) is 5.57 Å². The van der Waals surface area contributed by atoms with E-state index >= 15 is 0 Å². The Labute approximate surface area is 73.9 Å². The van der Waals surface area contributed by atoms with E-state index in [0.717, 1.165) is 0 Å². The van der Waals surface area contributed by atoms with Gasteiger partial charge in [-0.15, -0.1) is 0 Å². The van der Waals surface area contributed by atoms with Crippen molar-refractivity contribution in [2.45, 2.75) is 25.7 Å². The Morgan fingerprint density at radius 3 is 2.42 bits per heavy atom. The zero-order chi connectivity index (χ0) is 8.23. The van der Waals surface area contributed by atoms with Crippen LogP contribution in [0.15, 0.2) is 36.4 Å². The van der Waals surface area contributed by atoms with Gasteiger partial charge < -0.3 is 0 Å². The summed E-state index contributed by atoms with van der Waals surface area (Å²) < 4.78 is 0. The Morgan fingerprint density at radius 1 is 0.917 bits per heavy atom. The number of hydrogen-bond donors (Lipinski definition) is 0. The molecule has 0 N–H and O–H groups in total. The van der Waals surface area contributed by atoms with Crippen LogP contribution in [-0.4, -0.2) is 0 Å². The molecule has 0 fully saturated rings. The summed E-state index contributed by atoms with van der Waals surface area (Å²) >= 11 is 0. The van der Waals surface area contributed by atoms with E-state index in [1.807, 2.05) is 0 Å². The van der Waals surface area contributed by atoms with Crippen LogP contribution < -0.4 is 0 Å². The van der Waals surface area contributed by atoms with Gasteiger partial charge >= 0.3 is 0 Å². The average molecular weight is 159 g/mol. The average Bonchev–Trinajstić information content (AvgIpc) is 2.21. The molecule has 62 valence electrons. The second kappa shape index (κ2) is 3.57. The molecule has 0 saturated carbocycles. The fourth-order valence-electron chi connectivity index (χ4n) is 1.75. The molecule has 0 heteroatoms. The van der Waals surface area contributed by atoms with Crippen molar-refractivity contribution in [2.75, 3.05) is 0 Å². The summed E-state index contributed by atoms with van der Waals surface area (Å²) in [5, 5.41) is 0. The molecule has 0 radical (unpaired) electrons. The summed E-state index contributed by atoms with van der Waals surface area (Å²) in [4.78, 5) is 0. The molecule has 0 unspecified atom stereocenters. The molecule has 1 aliphatic carbocycles. The Balaban J connectivity index is 2.24. The Bertz CT molecular complexity index is 269. The van der Waals surface area contributed by atoms with Gasteiger partial charge in [0.05, 0.1) is 0 Å². The highest BCUT2D eigenvalue weighted by Crippen LogP contribution is 2.25. The molecule has 1 aromatic rings. The molecule has 1 aliphatic rings. The molecule has 0 aliphatic heterocycles. The minimum atomic E-state index is 1.27. The van der Waals surface area contributed by atoms with Gasteiger partial charge in [0.25, 0.3) is 0 Å². The van der Waals surface area contributed by atoms with Gasteiger partial charge in [-0.2, -0.15) is 0 Å². The van der Waals surface area contributed by atoms with Crippen LogP contribution >= 0.6 is 0 Å². The van der Waals surface area contributed by atoms with E-state index < -0.39 is 0 Å². The summed E-state index contributed by atoms with van der Waals surface area (Å²) in [6.45, 7) is 0. The first kappa shape index (κ1) is 7.60. The molecule has 0 nitrogen and oxygen atoms in total. The van der Waals surface area contributed by atoms with Crippen LogP contribution in [0.3, 0.4) is 0 Å². The van der Waals surface area contributed by atoms with Crippen LogP contribution in [0.25, 0.3) is 5.57 Å². The van der Waals surface area contributed by atoms with Crippen molar-refractivity contribution in [2.24, 2.45) is 0 Å². The van der Waals surface area contributed by atoms with E-state index in [2.05, 4.69) is 36.4 Å². The minimum Gasteiger partial charge on any atom is -0.0807 e. The highest BCUT2D eigenvalue weighted by atomic mass is 14.4. The second-order valence-electron chi connectivity index (χ2n) is 3.34. The Morgan fingerprint density at radius 2 is 1.75 bits per heavy atom. The lowest BCUT2D eigenvalue weighted by Crippen LogP contribution is -1.90. The molecule has 0 aromatic heterocycles. The predicted molar refractivity (Wildman–Crippen MR) is 52.9 cm³/mol. The molecular weight excluding hydrogens is 145 g/mol. The molecule has 1 aromatic carbocycles. The van der Waals surface area contributed by atoms with E-state index in [-0.39, 0.29) is 0 Å². The molecule has 12 heavy (non-hydrogen) atoms. The first-order valence-electron chi connectivity index (χ1n) is 4.71. The molecule has 2 rings (SSSR count). The molecule has 0 amide bonds. The van der Waals surface area contributed by atoms with E-state index in [0.29, 0.717) is 0 Å². The van der Waals surface area contributed by atoms with Gasteiger partial charge in [0.15, 0.2) is 0 Å². The van der Waals surface area contributed by atoms with Gasteiger partial charge in [-0.3, -0.25) is 0 Å². The maximum absolute atomic E-state index is 2.39. The monoisotopic (exact) mass is 159 g/mol. The first-order chi connectivity index (χ1) is 5.97. The molecule has 0 saturated heterocycles. The van der Waals surface area contributed by atoms with Crippen molar-refractivity contribution in [3.8, 4) is 0 Å². The topological polar surface area (TPSA) is 0 Å². The SMILES string of the molecule is C1=[13C](c2ccccc2)CCCC1. The van der Waals surface area contributed by atoms with Crippen LogP contribution in [-0.2, 0) is 0 Å². The van der Waals surface area contributed by atoms with E-state index in [4.69, 9.17) is 0 Å². The summed E-state index contributed by atoms with van der Waals surface area (Å²) in [5.74, 6) is 0. The summed E-state index contributed by atoms with van der Waals surface area (Å²) in [5.41, 5.74) is 2.96. The number of rotatable bonds is 1. The fourth-order valence-corrected chi connectivity index (χ4v) is 1.75. The Kier molecular flexibility index (Phi) is 2.26. The molecule has 0 heterocycles. The highest BCUT2D eigenvalue weighted by molar-refractivity contribution is 5.65. The van der Waals surface area contributed by atoms with Gasteiger partial charge in [-0.25, -0.2) is 0 Å². The summed E-state index contributed by atoms with van der Waals surface area (Å²) in [6.07, 6.45) is 7.66. The molecule has 0 bridgehead atoms. The number of allylic oxidation sites excluding steroid dienone is 2. The van der Waals surface area contributed by atoms with Crippen molar-refractivity contribution in [3.05, 3.63) is 42.0 Å². The quantitative estimate of drug-likeness (QED) is 0.549. The molecule has 0 atom stereocenters. The summed E-state index contributed by atoms with van der Waals surface area (Å²) in [6, 6.07) is 10.7. The van der Waals surface area contributed by atoms with Crippen molar-refractivity contribution in [1.29, 1.82) is 0 Å². The van der Waals surface area contributed by atoms with Crippen molar-refractivity contribution >= 4 is 5.57 Å². The highest BCUT2D eigenvalue weighted by Gasteiger charge is 2.04. The third kappa shape index (κ3) is 1.58. The molecular formula is C12H14. The lowest BCUT2D eigenvalue weighted by atomic mass is 10.1. The zero-order valence-electron chi connectivity index (χ0n) is 7.29. The minimum absolute atomic E-state index is 1.27. The summed E-state index contributed by atoms with van der Waals surface area (Å²) in [7, 11) is 0. The van der Waals surface area contributed by atoms with Gasteiger partial charge in [0.1, 0.15) is 0 Å². The van der Waals surface area contributed by atoms with Crippen LogP contribution in [0.4, 0.5) is 0 Å². The Hall–Kier alpha value is -1.04. The third-order valence-electron chi connectivity index (χ3n) is 2.44. The lowest BCUT2D eigenvalue weighted by molar-refractivity contribution is 0.742. The second-order valence-corrected chi connectivity index (χ2v) is 3.34. The maximum Gasteiger partial charge on any atom is -0.0228 e. The van der Waals surface area contributed by atoms with Crippen LogP contribution in [0.1, 0.15) is 31.2 Å². The third-order valence-corrected chi connectivity index (χ3v) is 2.44. The van der Waals surface area contributed by atoms with Gasteiger partial charge in [-0.05, 0) is 36.8 Å². The predicted octanol–water partition coefficient (Wildman–Crippen LogP) is 3.64. The standard InChI is InChI=1S/C12H14/c1-3-7-11(8-4-1)12-9-5-2-6-10-12/h1,3-4,7-9H,2,5-6,10H2/i12+1. The van der Waals surface area contributed by atoms with Crippen molar-refractivity contribution in [1.82, 2.24) is 0 Å². The maximum atomic E-state index is 2.39. The van der Waals surface area contributed by atoms with Gasteiger partial charge in [0, 0.05) is 0 Å².